The molecule has 2 aliphatic heterocycles. The van der Waals surface area contributed by atoms with Crippen LogP contribution in [0.25, 0.3) is 0 Å². The predicted octanol–water partition coefficient (Wildman–Crippen LogP) is 3.48. The summed E-state index contributed by atoms with van der Waals surface area (Å²) in [6.07, 6.45) is -0.292. The first-order chi connectivity index (χ1) is 12.3. The van der Waals surface area contributed by atoms with E-state index in [0.29, 0.717) is 13.0 Å². The molecule has 2 fully saturated rings. The van der Waals surface area contributed by atoms with Crippen molar-refractivity contribution in [3.05, 3.63) is 71.8 Å². The van der Waals surface area contributed by atoms with Crippen LogP contribution in [-0.2, 0) is 14.3 Å². The lowest BCUT2D eigenvalue weighted by atomic mass is 9.93. The Labute approximate surface area is 146 Å². The fourth-order valence-corrected chi connectivity index (χ4v) is 3.58. The quantitative estimate of drug-likeness (QED) is 0.860. The SMILES string of the molecule is O=C1OC[C@H](c2ccccc2)N1C(=O)[C@@H]1CCO[C@@H]1c1ccccc1. The smallest absolute Gasteiger partial charge is 0.417 e. The Morgan fingerprint density at radius 1 is 0.960 bits per heavy atom. The van der Waals surface area contributed by atoms with Gasteiger partial charge in [0.2, 0.25) is 5.91 Å². The number of rotatable bonds is 3. The summed E-state index contributed by atoms with van der Waals surface area (Å²) in [4.78, 5) is 26.7. The van der Waals surface area contributed by atoms with Crippen molar-refractivity contribution in [2.45, 2.75) is 18.6 Å². The maximum atomic E-state index is 13.2. The number of amides is 2. The molecule has 128 valence electrons. The molecule has 5 nitrogen and oxygen atoms in total. The average Bonchev–Trinajstić information content (AvgIpc) is 3.29. The highest BCUT2D eigenvalue weighted by Crippen LogP contribution is 2.38. The fraction of sp³-hybridized carbons (Fsp3) is 0.300. The summed E-state index contributed by atoms with van der Waals surface area (Å²) >= 11 is 0. The van der Waals surface area contributed by atoms with Crippen molar-refractivity contribution in [1.82, 2.24) is 4.90 Å². The predicted molar refractivity (Wildman–Crippen MR) is 90.6 cm³/mol. The van der Waals surface area contributed by atoms with E-state index >= 15 is 0 Å². The van der Waals surface area contributed by atoms with Gasteiger partial charge in [0.1, 0.15) is 12.6 Å². The molecule has 0 N–H and O–H groups in total. The minimum atomic E-state index is -0.572. The molecule has 2 amide bonds. The van der Waals surface area contributed by atoms with Crippen molar-refractivity contribution in [2.75, 3.05) is 13.2 Å². The summed E-state index contributed by atoms with van der Waals surface area (Å²) in [5.74, 6) is -0.595. The van der Waals surface area contributed by atoms with E-state index in [1.54, 1.807) is 0 Å². The number of hydrogen-bond donors (Lipinski definition) is 0. The van der Waals surface area contributed by atoms with Gasteiger partial charge < -0.3 is 9.47 Å². The van der Waals surface area contributed by atoms with E-state index in [2.05, 4.69) is 0 Å². The Hall–Kier alpha value is -2.66. The fourth-order valence-electron chi connectivity index (χ4n) is 3.58. The maximum absolute atomic E-state index is 13.2. The second kappa shape index (κ2) is 6.69. The summed E-state index contributed by atoms with van der Waals surface area (Å²) in [5, 5.41) is 0. The van der Waals surface area contributed by atoms with Crippen molar-refractivity contribution in [3.8, 4) is 0 Å². The number of hydrogen-bond acceptors (Lipinski definition) is 4. The monoisotopic (exact) mass is 337 g/mol. The Kier molecular flexibility index (Phi) is 4.24. The van der Waals surface area contributed by atoms with Gasteiger partial charge in [0.15, 0.2) is 0 Å². The van der Waals surface area contributed by atoms with Gasteiger partial charge in [0.05, 0.1) is 12.0 Å². The van der Waals surface area contributed by atoms with Gasteiger partial charge in [-0.1, -0.05) is 60.7 Å². The Morgan fingerprint density at radius 3 is 2.28 bits per heavy atom. The first-order valence-corrected chi connectivity index (χ1v) is 8.47. The zero-order valence-corrected chi connectivity index (χ0v) is 13.7. The number of carbonyl (C=O) groups excluding carboxylic acids is 2. The molecular formula is C20H19NO4. The molecule has 0 unspecified atom stereocenters. The lowest BCUT2D eigenvalue weighted by molar-refractivity contribution is -0.135. The molecular weight excluding hydrogens is 318 g/mol. The lowest BCUT2D eigenvalue weighted by Crippen LogP contribution is -2.39. The van der Waals surface area contributed by atoms with Gasteiger partial charge >= 0.3 is 6.09 Å². The summed E-state index contributed by atoms with van der Waals surface area (Å²) in [7, 11) is 0. The van der Waals surface area contributed by atoms with Crippen LogP contribution >= 0.6 is 0 Å². The third-order valence-corrected chi connectivity index (χ3v) is 4.83. The number of benzene rings is 2. The molecule has 4 rings (SSSR count). The summed E-state index contributed by atoms with van der Waals surface area (Å²) in [6.45, 7) is 0.701. The van der Waals surface area contributed by atoms with E-state index < -0.39 is 6.09 Å². The van der Waals surface area contributed by atoms with Gasteiger partial charge in [-0.2, -0.15) is 0 Å². The van der Waals surface area contributed by atoms with Crippen molar-refractivity contribution in [2.24, 2.45) is 5.92 Å². The van der Waals surface area contributed by atoms with Crippen molar-refractivity contribution in [1.29, 1.82) is 0 Å². The van der Waals surface area contributed by atoms with E-state index in [1.165, 1.54) is 4.90 Å². The molecule has 0 saturated carbocycles. The molecule has 2 heterocycles. The first-order valence-electron chi connectivity index (χ1n) is 8.47. The van der Waals surface area contributed by atoms with Crippen LogP contribution in [0.5, 0.6) is 0 Å². The van der Waals surface area contributed by atoms with Gasteiger partial charge in [-0.15, -0.1) is 0 Å². The standard InChI is InChI=1S/C20H19NO4/c22-19(16-11-12-24-18(16)15-9-5-2-6-10-15)21-17(13-25-20(21)23)14-7-3-1-4-8-14/h1-10,16-18H,11-13H2/t16-,17-,18-/m1/s1. The van der Waals surface area contributed by atoms with Crippen LogP contribution in [0.2, 0.25) is 0 Å². The van der Waals surface area contributed by atoms with Crippen LogP contribution in [0.3, 0.4) is 0 Å². The summed E-state index contributed by atoms with van der Waals surface area (Å²) in [6, 6.07) is 18.8. The zero-order chi connectivity index (χ0) is 17.2. The lowest BCUT2D eigenvalue weighted by Gasteiger charge is -2.25. The summed E-state index contributed by atoms with van der Waals surface area (Å²) in [5.41, 5.74) is 1.86. The maximum Gasteiger partial charge on any atom is 0.417 e. The van der Waals surface area contributed by atoms with E-state index in [9.17, 15) is 9.59 Å². The molecule has 0 radical (unpaired) electrons. The molecule has 3 atom stereocenters. The molecule has 0 bridgehead atoms. The van der Waals surface area contributed by atoms with Crippen LogP contribution in [0.4, 0.5) is 4.79 Å². The van der Waals surface area contributed by atoms with Gasteiger partial charge in [0.25, 0.3) is 0 Å². The van der Waals surface area contributed by atoms with E-state index in [1.807, 2.05) is 60.7 Å². The zero-order valence-electron chi connectivity index (χ0n) is 13.7. The number of ether oxygens (including phenoxy) is 2. The van der Waals surface area contributed by atoms with Crippen molar-refractivity contribution >= 4 is 12.0 Å². The third kappa shape index (κ3) is 2.91. The normalized spacial score (nSPS) is 25.8. The average molecular weight is 337 g/mol. The Bertz CT molecular complexity index is 762. The van der Waals surface area contributed by atoms with Crippen LogP contribution in [0.15, 0.2) is 60.7 Å². The summed E-state index contributed by atoms with van der Waals surface area (Å²) < 4.78 is 11.0. The van der Waals surface area contributed by atoms with E-state index in [4.69, 9.17) is 9.47 Å². The van der Waals surface area contributed by atoms with Crippen molar-refractivity contribution in [3.63, 3.8) is 0 Å². The Balaban J connectivity index is 1.61. The second-order valence-corrected chi connectivity index (χ2v) is 6.31. The minimum Gasteiger partial charge on any atom is -0.446 e. The molecule has 2 aliphatic rings. The molecule has 2 aromatic carbocycles. The highest BCUT2D eigenvalue weighted by atomic mass is 16.6. The highest BCUT2D eigenvalue weighted by Gasteiger charge is 2.45. The molecule has 25 heavy (non-hydrogen) atoms. The molecule has 0 spiro atoms. The molecule has 2 saturated heterocycles. The Morgan fingerprint density at radius 2 is 1.60 bits per heavy atom. The van der Waals surface area contributed by atoms with Crippen LogP contribution < -0.4 is 0 Å². The number of imide groups is 1. The molecule has 0 aliphatic carbocycles. The first kappa shape index (κ1) is 15.8. The molecule has 0 aromatic heterocycles. The highest BCUT2D eigenvalue weighted by molar-refractivity contribution is 5.95. The molecule has 2 aromatic rings. The van der Waals surface area contributed by atoms with Gasteiger partial charge in [-0.25, -0.2) is 9.69 Å². The number of nitrogens with zero attached hydrogens (tertiary/aromatic N) is 1. The van der Waals surface area contributed by atoms with Crippen LogP contribution in [0.1, 0.15) is 29.7 Å². The van der Waals surface area contributed by atoms with E-state index in [0.717, 1.165) is 11.1 Å². The number of carbonyl (C=O) groups is 2. The number of cyclic esters (lactones) is 1. The minimum absolute atomic E-state index is 0.193. The van der Waals surface area contributed by atoms with Gasteiger partial charge in [-0.3, -0.25) is 4.79 Å². The van der Waals surface area contributed by atoms with Crippen LogP contribution in [0, 0.1) is 5.92 Å². The third-order valence-electron chi connectivity index (χ3n) is 4.83. The largest absolute Gasteiger partial charge is 0.446 e. The topological polar surface area (TPSA) is 55.8 Å². The van der Waals surface area contributed by atoms with E-state index in [-0.39, 0.29) is 30.6 Å². The van der Waals surface area contributed by atoms with Gasteiger partial charge in [-0.05, 0) is 17.5 Å². The van der Waals surface area contributed by atoms with Gasteiger partial charge in [0, 0.05) is 6.61 Å². The molecule has 5 heteroatoms. The van der Waals surface area contributed by atoms with Crippen LogP contribution in [-0.4, -0.2) is 30.1 Å². The van der Waals surface area contributed by atoms with Crippen molar-refractivity contribution < 1.29 is 19.1 Å². The second-order valence-electron chi connectivity index (χ2n) is 6.31.